The van der Waals surface area contributed by atoms with Gasteiger partial charge in [-0.2, -0.15) is 0 Å². The van der Waals surface area contributed by atoms with E-state index >= 15 is 0 Å². The van der Waals surface area contributed by atoms with E-state index in [1.165, 1.54) is 23.1 Å². The lowest BCUT2D eigenvalue weighted by Crippen LogP contribution is -2.35. The first kappa shape index (κ1) is 20.8. The lowest BCUT2D eigenvalue weighted by atomic mass is 10.1. The van der Waals surface area contributed by atoms with Crippen molar-refractivity contribution in [3.05, 3.63) is 0 Å². The summed E-state index contributed by atoms with van der Waals surface area (Å²) >= 11 is 2.08. The molecule has 122 valence electrons. The average molecular weight is 424 g/mol. The molecule has 1 fully saturated rings. The molecule has 6 nitrogen and oxygen atoms in total. The molecule has 0 spiro atoms. The van der Waals surface area contributed by atoms with Crippen LogP contribution < -0.4 is 0 Å². The van der Waals surface area contributed by atoms with E-state index in [0.717, 1.165) is 12.8 Å². The van der Waals surface area contributed by atoms with Crippen LogP contribution in [0.3, 0.4) is 0 Å². The smallest absolute Gasteiger partial charge is 0.160 e. The van der Waals surface area contributed by atoms with Crippen LogP contribution in [0.5, 0.6) is 0 Å². The molecule has 2 atom stereocenters. The van der Waals surface area contributed by atoms with E-state index in [4.69, 9.17) is 23.9 Å². The molecule has 1 aliphatic heterocycles. The van der Waals surface area contributed by atoms with Gasteiger partial charge in [0.25, 0.3) is 0 Å². The molecule has 0 radical (unpaired) electrons. The highest BCUT2D eigenvalue weighted by atomic mass is 127. The van der Waals surface area contributed by atoms with Crippen LogP contribution in [0.1, 0.15) is 40.5 Å². The van der Waals surface area contributed by atoms with Crippen molar-refractivity contribution in [1.82, 2.24) is 0 Å². The molecular formula is C12H25IO6S. The summed E-state index contributed by atoms with van der Waals surface area (Å²) < 4.78 is 16.2. The van der Waals surface area contributed by atoms with Gasteiger partial charge in [-0.1, -0.05) is 0 Å². The normalized spacial score (nSPS) is 23.4. The molecule has 3 N–H and O–H groups in total. The Morgan fingerprint density at radius 3 is 2.25 bits per heavy atom. The molecule has 2 unspecified atom stereocenters. The van der Waals surface area contributed by atoms with Crippen LogP contribution in [-0.4, -0.2) is 52.3 Å². The van der Waals surface area contributed by atoms with E-state index in [0.29, 0.717) is 13.2 Å². The van der Waals surface area contributed by atoms with Crippen molar-refractivity contribution in [2.24, 2.45) is 0 Å². The largest absolute Gasteiger partial charge is 0.375 e. The van der Waals surface area contributed by atoms with Crippen molar-refractivity contribution < 1.29 is 29.0 Å². The fraction of sp³-hybridized carbons (Fsp3) is 1.00. The average Bonchev–Trinajstić information content (AvgIpc) is 2.61. The quantitative estimate of drug-likeness (QED) is 0.260. The predicted molar refractivity (Wildman–Crippen MR) is 86.2 cm³/mol. The first-order valence-electron chi connectivity index (χ1n) is 6.39. The molecule has 0 aromatic heterocycles. The predicted octanol–water partition coefficient (Wildman–Crippen LogP) is 2.00. The molecular weight excluding hydrogens is 399 g/mol. The third-order valence-corrected chi connectivity index (χ3v) is 3.14. The summed E-state index contributed by atoms with van der Waals surface area (Å²) in [6.45, 7) is 7.21. The Morgan fingerprint density at radius 2 is 1.80 bits per heavy atom. The molecule has 0 bridgehead atoms. The third-order valence-electron chi connectivity index (χ3n) is 2.12. The molecule has 0 aromatic rings. The Kier molecular flexibility index (Phi) is 10.2. The fourth-order valence-corrected chi connectivity index (χ4v) is 2.30. The fourth-order valence-electron chi connectivity index (χ4n) is 1.60. The van der Waals surface area contributed by atoms with E-state index in [-0.39, 0.29) is 12.2 Å². The molecule has 1 heterocycles. The Morgan fingerprint density at radius 1 is 1.25 bits per heavy atom. The van der Waals surface area contributed by atoms with Crippen LogP contribution >= 0.6 is 30.4 Å². The minimum absolute atomic E-state index is 0.0205. The van der Waals surface area contributed by atoms with Crippen LogP contribution in [0.25, 0.3) is 0 Å². The van der Waals surface area contributed by atoms with Gasteiger partial charge in [-0.25, -0.2) is 0 Å². The second-order valence-electron chi connectivity index (χ2n) is 5.47. The second-order valence-corrected chi connectivity index (χ2v) is 6.91. The summed E-state index contributed by atoms with van der Waals surface area (Å²) in [4.78, 5) is 0. The molecule has 8 heteroatoms. The van der Waals surface area contributed by atoms with Crippen molar-refractivity contribution in [2.45, 2.75) is 64.3 Å². The maximum atomic E-state index is 9.55. The summed E-state index contributed by atoms with van der Waals surface area (Å²) in [7, 11) is 1.32. The standard InChI is InChI=1S/C9H17IO4S.C3H8O2/c1-9(2,11)14-8-3-5-12-7(8)4-6-13-15-10;1-3(2,4)5/h7-8,11H,3-6H2,1-2H3;4-5H,1-2H3. The molecule has 0 saturated carbocycles. The number of halogens is 1. The third kappa shape index (κ3) is 13.8. The van der Waals surface area contributed by atoms with Gasteiger partial charge in [0.1, 0.15) is 0 Å². The van der Waals surface area contributed by atoms with Gasteiger partial charge in [-0.05, 0) is 34.1 Å². The molecule has 0 amide bonds. The van der Waals surface area contributed by atoms with Gasteiger partial charge < -0.3 is 29.0 Å². The maximum Gasteiger partial charge on any atom is 0.160 e. The van der Waals surface area contributed by atoms with Crippen molar-refractivity contribution >= 4 is 30.4 Å². The highest BCUT2D eigenvalue weighted by molar-refractivity contribution is 14.2. The molecule has 1 aliphatic rings. The minimum Gasteiger partial charge on any atom is -0.375 e. The summed E-state index contributed by atoms with van der Waals surface area (Å²) in [5.41, 5.74) is 0. The van der Waals surface area contributed by atoms with Crippen LogP contribution in [0, 0.1) is 0 Å². The molecule has 1 rings (SSSR count). The number of ether oxygens (including phenoxy) is 2. The Balaban J connectivity index is 0.000000621. The maximum absolute atomic E-state index is 9.55. The Hall–Kier alpha value is 0.840. The van der Waals surface area contributed by atoms with Crippen molar-refractivity contribution in [2.75, 3.05) is 13.2 Å². The lowest BCUT2D eigenvalue weighted by molar-refractivity contribution is -0.214. The zero-order valence-electron chi connectivity index (χ0n) is 12.3. The van der Waals surface area contributed by atoms with Gasteiger partial charge in [0, 0.05) is 34.2 Å². The van der Waals surface area contributed by atoms with Crippen molar-refractivity contribution in [3.63, 3.8) is 0 Å². The zero-order valence-corrected chi connectivity index (χ0v) is 15.3. The number of rotatable bonds is 6. The molecule has 0 aliphatic carbocycles. The molecule has 20 heavy (non-hydrogen) atoms. The number of hydrogen-bond donors (Lipinski definition) is 3. The Bertz CT molecular complexity index is 247. The summed E-state index contributed by atoms with van der Waals surface area (Å²) in [6, 6.07) is 0. The highest BCUT2D eigenvalue weighted by Gasteiger charge is 2.32. The lowest BCUT2D eigenvalue weighted by Gasteiger charge is -2.26. The highest BCUT2D eigenvalue weighted by Crippen LogP contribution is 2.24. The second kappa shape index (κ2) is 9.78. The van der Waals surface area contributed by atoms with Gasteiger partial charge in [0.15, 0.2) is 11.6 Å². The Labute approximate surface area is 137 Å². The van der Waals surface area contributed by atoms with Crippen molar-refractivity contribution in [1.29, 1.82) is 0 Å². The monoisotopic (exact) mass is 424 g/mol. The zero-order chi connectivity index (χ0) is 15.8. The van der Waals surface area contributed by atoms with E-state index in [1.54, 1.807) is 13.8 Å². The summed E-state index contributed by atoms with van der Waals surface area (Å²) in [6.07, 6.45) is 1.66. The van der Waals surface area contributed by atoms with Crippen molar-refractivity contribution in [3.8, 4) is 0 Å². The topological polar surface area (TPSA) is 88.4 Å². The molecule has 1 saturated heterocycles. The van der Waals surface area contributed by atoms with Gasteiger partial charge in [-0.3, -0.25) is 0 Å². The first-order chi connectivity index (χ1) is 9.03. The van der Waals surface area contributed by atoms with Gasteiger partial charge in [0.2, 0.25) is 0 Å². The first-order valence-corrected chi connectivity index (χ1v) is 9.68. The minimum atomic E-state index is -1.50. The number of hydrogen-bond acceptors (Lipinski definition) is 7. The van der Waals surface area contributed by atoms with E-state index in [1.807, 2.05) is 0 Å². The van der Waals surface area contributed by atoms with Crippen LogP contribution in [0.4, 0.5) is 0 Å². The number of aliphatic hydroxyl groups is 3. The van der Waals surface area contributed by atoms with Crippen LogP contribution in [-0.2, 0) is 13.7 Å². The van der Waals surface area contributed by atoms with E-state index in [9.17, 15) is 5.11 Å². The summed E-state index contributed by atoms with van der Waals surface area (Å²) in [5.74, 6) is -2.59. The SMILES string of the molecule is CC(C)(O)O.CC(C)(O)OC1CCOC1CCOSI. The molecule has 0 aromatic carbocycles. The van der Waals surface area contributed by atoms with E-state index < -0.39 is 11.6 Å². The van der Waals surface area contributed by atoms with E-state index in [2.05, 4.69) is 21.2 Å². The van der Waals surface area contributed by atoms with Crippen LogP contribution in [0.15, 0.2) is 0 Å². The van der Waals surface area contributed by atoms with Crippen LogP contribution in [0.2, 0.25) is 0 Å². The van der Waals surface area contributed by atoms with Gasteiger partial charge in [-0.15, -0.1) is 0 Å². The van der Waals surface area contributed by atoms with Gasteiger partial charge in [0.05, 0.1) is 28.0 Å². The van der Waals surface area contributed by atoms with Gasteiger partial charge >= 0.3 is 0 Å². The summed E-state index contributed by atoms with van der Waals surface area (Å²) in [5, 5.41) is 25.7.